The van der Waals surface area contributed by atoms with Crippen molar-refractivity contribution >= 4 is 6.09 Å². The summed E-state index contributed by atoms with van der Waals surface area (Å²) in [4.78, 5) is 12.1. The molecular formula is C14H22N2O3. The summed E-state index contributed by atoms with van der Waals surface area (Å²) in [5.74, 6) is 0. The normalized spacial score (nSPS) is 40.1. The molecule has 2 unspecified atom stereocenters. The quantitative estimate of drug-likeness (QED) is 0.700. The average Bonchev–Trinajstić information content (AvgIpc) is 2.85. The summed E-state index contributed by atoms with van der Waals surface area (Å²) in [5, 5.41) is 6.58. The molecule has 3 rings (SSSR count). The van der Waals surface area contributed by atoms with Gasteiger partial charge in [-0.3, -0.25) is 0 Å². The van der Waals surface area contributed by atoms with Gasteiger partial charge < -0.3 is 20.1 Å². The van der Waals surface area contributed by atoms with Gasteiger partial charge in [0, 0.05) is 12.6 Å². The molecule has 1 amide bonds. The number of hydrogen-bond donors (Lipinski definition) is 2. The Kier molecular flexibility index (Phi) is 2.70. The van der Waals surface area contributed by atoms with Crippen LogP contribution in [0.2, 0.25) is 0 Å². The Morgan fingerprint density at radius 1 is 1.47 bits per heavy atom. The molecule has 0 bridgehead atoms. The molecule has 0 aromatic carbocycles. The number of ether oxygens (including phenoxy) is 2. The van der Waals surface area contributed by atoms with E-state index in [0.717, 1.165) is 13.0 Å². The van der Waals surface area contributed by atoms with Gasteiger partial charge in [-0.25, -0.2) is 4.79 Å². The second-order valence-corrected chi connectivity index (χ2v) is 6.81. The third-order valence-electron chi connectivity index (χ3n) is 4.38. The first-order valence-electron chi connectivity index (χ1n) is 6.87. The lowest BCUT2D eigenvalue weighted by Gasteiger charge is -2.37. The van der Waals surface area contributed by atoms with Gasteiger partial charge in [-0.15, -0.1) is 0 Å². The number of carbonyl (C=O) groups is 1. The van der Waals surface area contributed by atoms with Crippen molar-refractivity contribution in [3.8, 4) is 0 Å². The molecule has 0 radical (unpaired) electrons. The largest absolute Gasteiger partial charge is 0.444 e. The number of hydrogen-bond acceptors (Lipinski definition) is 4. The van der Waals surface area contributed by atoms with E-state index >= 15 is 0 Å². The minimum absolute atomic E-state index is 0.107. The highest BCUT2D eigenvalue weighted by molar-refractivity contribution is 5.69. The van der Waals surface area contributed by atoms with E-state index in [2.05, 4.69) is 22.8 Å². The van der Waals surface area contributed by atoms with E-state index in [1.165, 1.54) is 0 Å². The summed E-state index contributed by atoms with van der Waals surface area (Å²) in [6.45, 7) is 7.56. The average molecular weight is 266 g/mol. The van der Waals surface area contributed by atoms with E-state index < -0.39 is 5.60 Å². The van der Waals surface area contributed by atoms with Crippen LogP contribution in [0.1, 0.15) is 27.2 Å². The van der Waals surface area contributed by atoms with Gasteiger partial charge in [0.2, 0.25) is 0 Å². The summed E-state index contributed by atoms with van der Waals surface area (Å²) < 4.78 is 11.1. The maximum Gasteiger partial charge on any atom is 0.408 e. The Bertz CT molecular complexity index is 429. The van der Waals surface area contributed by atoms with E-state index in [1.54, 1.807) is 0 Å². The summed E-state index contributed by atoms with van der Waals surface area (Å²) >= 11 is 0. The number of nitrogens with one attached hydrogen (secondary N) is 2. The van der Waals surface area contributed by atoms with E-state index in [4.69, 9.17) is 9.47 Å². The zero-order valence-corrected chi connectivity index (χ0v) is 11.8. The fraction of sp³-hybridized carbons (Fsp3) is 0.786. The van der Waals surface area contributed by atoms with Crippen molar-refractivity contribution in [1.29, 1.82) is 0 Å². The van der Waals surface area contributed by atoms with Crippen molar-refractivity contribution in [2.24, 2.45) is 5.41 Å². The number of rotatable bonds is 1. The lowest BCUT2D eigenvalue weighted by Crippen LogP contribution is -2.60. The molecule has 3 aliphatic rings. The van der Waals surface area contributed by atoms with Gasteiger partial charge >= 0.3 is 6.09 Å². The molecule has 0 aromatic heterocycles. The maximum atomic E-state index is 12.1. The molecule has 2 fully saturated rings. The van der Waals surface area contributed by atoms with E-state index in [0.29, 0.717) is 19.3 Å². The molecule has 5 heteroatoms. The Balaban J connectivity index is 1.79. The summed E-state index contributed by atoms with van der Waals surface area (Å²) in [6.07, 6.45) is 5.03. The minimum atomic E-state index is -0.482. The van der Waals surface area contributed by atoms with Gasteiger partial charge in [0.25, 0.3) is 0 Å². The SMILES string of the molecule is CC(C)(C)OC(=O)N[C@]12CNC3CC=CC31COC2. The number of carbonyl (C=O) groups excluding carboxylic acids is 1. The third kappa shape index (κ3) is 1.87. The molecule has 1 aliphatic carbocycles. The predicted molar refractivity (Wildman–Crippen MR) is 70.9 cm³/mol. The van der Waals surface area contributed by atoms with Crippen LogP contribution in [0.3, 0.4) is 0 Å². The van der Waals surface area contributed by atoms with Crippen LogP contribution in [0, 0.1) is 5.41 Å². The van der Waals surface area contributed by atoms with Crippen molar-refractivity contribution < 1.29 is 14.3 Å². The van der Waals surface area contributed by atoms with E-state index in [-0.39, 0.29) is 17.0 Å². The molecule has 5 nitrogen and oxygen atoms in total. The van der Waals surface area contributed by atoms with Crippen molar-refractivity contribution in [1.82, 2.24) is 10.6 Å². The molecular weight excluding hydrogens is 244 g/mol. The van der Waals surface area contributed by atoms with Crippen LogP contribution >= 0.6 is 0 Å². The molecule has 1 spiro atoms. The van der Waals surface area contributed by atoms with Crippen molar-refractivity contribution in [2.45, 2.75) is 44.4 Å². The Labute approximate surface area is 113 Å². The van der Waals surface area contributed by atoms with Crippen LogP contribution < -0.4 is 10.6 Å². The van der Waals surface area contributed by atoms with Gasteiger partial charge in [-0.2, -0.15) is 0 Å². The smallest absolute Gasteiger partial charge is 0.408 e. The number of alkyl carbamates (subject to hydrolysis) is 1. The van der Waals surface area contributed by atoms with Gasteiger partial charge in [0.05, 0.1) is 24.2 Å². The lowest BCUT2D eigenvalue weighted by atomic mass is 9.72. The summed E-state index contributed by atoms with van der Waals surface area (Å²) in [6, 6.07) is 0.366. The van der Waals surface area contributed by atoms with Crippen molar-refractivity contribution in [3.05, 3.63) is 12.2 Å². The standard InChI is InChI=1S/C14H22N2O3/c1-12(2,3)19-11(17)16-14-7-15-10-5-4-6-13(10,14)8-18-9-14/h4,6,10,15H,5,7-9H2,1-3H3,(H,16,17)/t10?,13?,14-/m0/s1. The molecule has 106 valence electrons. The third-order valence-corrected chi connectivity index (χ3v) is 4.38. The van der Waals surface area contributed by atoms with Crippen LogP contribution in [0.4, 0.5) is 4.79 Å². The fourth-order valence-electron chi connectivity index (χ4n) is 3.52. The first-order chi connectivity index (χ1) is 8.87. The van der Waals surface area contributed by atoms with Crippen LogP contribution in [0.25, 0.3) is 0 Å². The second-order valence-electron chi connectivity index (χ2n) is 6.81. The zero-order chi connectivity index (χ0) is 13.7. The maximum absolute atomic E-state index is 12.1. The van der Waals surface area contributed by atoms with Gasteiger partial charge in [0.15, 0.2) is 0 Å². The van der Waals surface area contributed by atoms with Crippen molar-refractivity contribution in [3.63, 3.8) is 0 Å². The highest BCUT2D eigenvalue weighted by Crippen LogP contribution is 2.50. The molecule has 3 atom stereocenters. The molecule has 0 saturated carbocycles. The molecule has 19 heavy (non-hydrogen) atoms. The lowest BCUT2D eigenvalue weighted by molar-refractivity contribution is 0.0422. The first-order valence-corrected chi connectivity index (χ1v) is 6.87. The zero-order valence-electron chi connectivity index (χ0n) is 11.8. The minimum Gasteiger partial charge on any atom is -0.444 e. The van der Waals surface area contributed by atoms with Gasteiger partial charge in [-0.1, -0.05) is 12.2 Å². The van der Waals surface area contributed by atoms with Crippen LogP contribution in [-0.2, 0) is 9.47 Å². The van der Waals surface area contributed by atoms with Crippen LogP contribution in [0.5, 0.6) is 0 Å². The van der Waals surface area contributed by atoms with Gasteiger partial charge in [-0.05, 0) is 27.2 Å². The highest BCUT2D eigenvalue weighted by atomic mass is 16.6. The highest BCUT2D eigenvalue weighted by Gasteiger charge is 2.64. The van der Waals surface area contributed by atoms with E-state index in [9.17, 15) is 4.79 Å². The Morgan fingerprint density at radius 2 is 2.26 bits per heavy atom. The molecule has 0 aromatic rings. The molecule has 2 N–H and O–H groups in total. The van der Waals surface area contributed by atoms with Gasteiger partial charge in [0.1, 0.15) is 5.60 Å². The van der Waals surface area contributed by atoms with Crippen molar-refractivity contribution in [2.75, 3.05) is 19.8 Å². The van der Waals surface area contributed by atoms with E-state index in [1.807, 2.05) is 20.8 Å². The second kappa shape index (κ2) is 3.96. The first kappa shape index (κ1) is 12.9. The molecule has 2 saturated heterocycles. The molecule has 2 aliphatic heterocycles. The Morgan fingerprint density at radius 3 is 3.00 bits per heavy atom. The van der Waals surface area contributed by atoms with Crippen LogP contribution in [-0.4, -0.2) is 43.0 Å². The topological polar surface area (TPSA) is 59.6 Å². The Hall–Kier alpha value is -1.07. The molecule has 2 heterocycles. The predicted octanol–water partition coefficient (Wildman–Crippen LogP) is 1.20. The summed E-state index contributed by atoms with van der Waals surface area (Å²) in [5.41, 5.74) is -0.957. The summed E-state index contributed by atoms with van der Waals surface area (Å²) in [7, 11) is 0. The number of amides is 1. The fourth-order valence-corrected chi connectivity index (χ4v) is 3.52. The van der Waals surface area contributed by atoms with Crippen LogP contribution in [0.15, 0.2) is 12.2 Å². The monoisotopic (exact) mass is 266 g/mol.